The molecule has 4 aromatic rings. The summed E-state index contributed by atoms with van der Waals surface area (Å²) >= 11 is 0. The van der Waals surface area contributed by atoms with Gasteiger partial charge in [-0.2, -0.15) is 0 Å². The number of hydrogen-bond donors (Lipinski definition) is 2. The van der Waals surface area contributed by atoms with E-state index in [9.17, 15) is 4.79 Å². The maximum atomic E-state index is 12.3. The number of aromatic nitrogens is 4. The minimum Gasteiger partial charge on any atom is -0.497 e. The molecule has 0 radical (unpaired) electrons. The molecular weight excluding hydrogens is 342 g/mol. The zero-order chi connectivity index (χ0) is 19.0. The van der Waals surface area contributed by atoms with E-state index < -0.39 is 0 Å². The Labute approximate surface area is 156 Å². The molecule has 27 heavy (non-hydrogen) atoms. The lowest BCUT2D eigenvalue weighted by atomic mass is 10.2. The van der Waals surface area contributed by atoms with Gasteiger partial charge in [0.25, 0.3) is 0 Å². The smallest absolute Gasteiger partial charge is 0.326 e. The van der Waals surface area contributed by atoms with Crippen molar-refractivity contribution < 1.29 is 4.74 Å². The van der Waals surface area contributed by atoms with Crippen molar-refractivity contribution in [1.29, 1.82) is 0 Å². The fraction of sp³-hybridized carbons (Fsp3) is 0.250. The van der Waals surface area contributed by atoms with Crippen LogP contribution in [0.4, 0.5) is 11.5 Å². The van der Waals surface area contributed by atoms with Gasteiger partial charge in [-0.05, 0) is 42.3 Å². The molecule has 2 heterocycles. The lowest BCUT2D eigenvalue weighted by Gasteiger charge is -2.10. The van der Waals surface area contributed by atoms with Gasteiger partial charge in [-0.15, -0.1) is 0 Å². The number of methoxy groups -OCH3 is 1. The molecule has 4 rings (SSSR count). The Bertz CT molecular complexity index is 1160. The second-order valence-electron chi connectivity index (χ2n) is 6.90. The summed E-state index contributed by atoms with van der Waals surface area (Å²) in [6.45, 7) is 4.84. The molecule has 0 unspecified atom stereocenters. The lowest BCUT2D eigenvalue weighted by molar-refractivity contribution is 0.415. The lowest BCUT2D eigenvalue weighted by Crippen LogP contribution is -2.19. The van der Waals surface area contributed by atoms with Crippen LogP contribution in [-0.2, 0) is 6.54 Å². The molecule has 0 aliphatic heterocycles. The van der Waals surface area contributed by atoms with E-state index in [1.165, 1.54) is 6.33 Å². The largest absolute Gasteiger partial charge is 0.497 e. The Morgan fingerprint density at radius 3 is 2.67 bits per heavy atom. The molecule has 0 atom stereocenters. The summed E-state index contributed by atoms with van der Waals surface area (Å²) in [5.41, 5.74) is 3.20. The van der Waals surface area contributed by atoms with E-state index >= 15 is 0 Å². The van der Waals surface area contributed by atoms with Crippen LogP contribution in [0.25, 0.3) is 21.9 Å². The molecule has 0 bridgehead atoms. The second-order valence-corrected chi connectivity index (χ2v) is 6.90. The summed E-state index contributed by atoms with van der Waals surface area (Å²) in [5, 5.41) is 4.16. The van der Waals surface area contributed by atoms with Gasteiger partial charge in [-0.3, -0.25) is 4.57 Å². The molecule has 7 nitrogen and oxygen atoms in total. The predicted molar refractivity (Wildman–Crippen MR) is 107 cm³/mol. The van der Waals surface area contributed by atoms with Gasteiger partial charge in [0.2, 0.25) is 0 Å². The highest BCUT2D eigenvalue weighted by atomic mass is 16.5. The molecule has 0 amide bonds. The number of rotatable bonds is 5. The average Bonchev–Trinajstić information content (AvgIpc) is 2.95. The number of aromatic amines is 1. The summed E-state index contributed by atoms with van der Waals surface area (Å²) in [6.07, 6.45) is 1.53. The van der Waals surface area contributed by atoms with Crippen LogP contribution in [0.5, 0.6) is 5.75 Å². The van der Waals surface area contributed by atoms with E-state index in [0.29, 0.717) is 18.3 Å². The standard InChI is InChI=1S/C20H21N5O2/c1-12(2)10-25-18-9-16-15(8-17(18)24-20(25)26)19(22-11-21-16)23-13-4-6-14(27-3)7-5-13/h4-9,11-12H,10H2,1-3H3,(H,24,26)(H,21,22,23). The molecule has 0 fully saturated rings. The number of H-pyrrole nitrogens is 1. The third-order valence-corrected chi connectivity index (χ3v) is 4.43. The fourth-order valence-electron chi connectivity index (χ4n) is 3.16. The third-order valence-electron chi connectivity index (χ3n) is 4.43. The van der Waals surface area contributed by atoms with E-state index in [2.05, 4.69) is 34.1 Å². The minimum absolute atomic E-state index is 0.105. The normalized spacial score (nSPS) is 11.4. The number of nitrogens with one attached hydrogen (secondary N) is 2. The number of nitrogens with zero attached hydrogens (tertiary/aromatic N) is 3. The number of fused-ring (bicyclic) bond motifs is 2. The van der Waals surface area contributed by atoms with Gasteiger partial charge in [0, 0.05) is 17.6 Å². The predicted octanol–water partition coefficient (Wildman–Crippen LogP) is 3.68. The van der Waals surface area contributed by atoms with Crippen LogP contribution >= 0.6 is 0 Å². The first kappa shape index (κ1) is 17.1. The van der Waals surface area contributed by atoms with Gasteiger partial charge < -0.3 is 15.0 Å². The van der Waals surface area contributed by atoms with Crippen LogP contribution in [0.2, 0.25) is 0 Å². The molecule has 7 heteroatoms. The van der Waals surface area contributed by atoms with Gasteiger partial charge in [0.05, 0.1) is 23.7 Å². The van der Waals surface area contributed by atoms with Crippen LogP contribution in [-0.4, -0.2) is 26.6 Å². The maximum absolute atomic E-state index is 12.3. The fourth-order valence-corrected chi connectivity index (χ4v) is 3.16. The Morgan fingerprint density at radius 2 is 1.96 bits per heavy atom. The van der Waals surface area contributed by atoms with E-state index in [0.717, 1.165) is 33.4 Å². The molecule has 2 aromatic carbocycles. The number of hydrogen-bond acceptors (Lipinski definition) is 5. The summed E-state index contributed by atoms with van der Waals surface area (Å²) in [7, 11) is 1.64. The molecule has 2 N–H and O–H groups in total. The van der Waals surface area contributed by atoms with Crippen LogP contribution in [0, 0.1) is 5.92 Å². The molecule has 0 saturated carbocycles. The highest BCUT2D eigenvalue weighted by Crippen LogP contribution is 2.27. The summed E-state index contributed by atoms with van der Waals surface area (Å²) in [5.74, 6) is 1.85. The minimum atomic E-state index is -0.105. The maximum Gasteiger partial charge on any atom is 0.326 e. The molecule has 2 aromatic heterocycles. The van der Waals surface area contributed by atoms with Crippen molar-refractivity contribution in [3.8, 4) is 5.75 Å². The van der Waals surface area contributed by atoms with Crippen molar-refractivity contribution in [3.63, 3.8) is 0 Å². The number of ether oxygens (including phenoxy) is 1. The first-order valence-electron chi connectivity index (χ1n) is 8.83. The molecular formula is C20H21N5O2. The Hall–Kier alpha value is -3.35. The van der Waals surface area contributed by atoms with Crippen LogP contribution in [0.3, 0.4) is 0 Å². The molecule has 0 spiro atoms. The Balaban J connectivity index is 1.80. The second kappa shape index (κ2) is 6.75. The summed E-state index contributed by atoms with van der Waals surface area (Å²) in [6, 6.07) is 11.5. The average molecular weight is 363 g/mol. The van der Waals surface area contributed by atoms with Crippen molar-refractivity contribution in [2.45, 2.75) is 20.4 Å². The summed E-state index contributed by atoms with van der Waals surface area (Å²) in [4.78, 5) is 24.0. The third kappa shape index (κ3) is 3.23. The van der Waals surface area contributed by atoms with E-state index in [-0.39, 0.29) is 5.69 Å². The van der Waals surface area contributed by atoms with E-state index in [1.54, 1.807) is 11.7 Å². The number of anilines is 2. The zero-order valence-electron chi connectivity index (χ0n) is 15.5. The Morgan fingerprint density at radius 1 is 1.19 bits per heavy atom. The molecule has 0 saturated heterocycles. The van der Waals surface area contributed by atoms with Crippen molar-refractivity contribution in [3.05, 3.63) is 53.2 Å². The molecule has 0 aliphatic carbocycles. The number of imidazole rings is 1. The molecule has 138 valence electrons. The zero-order valence-corrected chi connectivity index (χ0v) is 15.5. The van der Waals surface area contributed by atoms with Gasteiger partial charge in [0.1, 0.15) is 17.9 Å². The van der Waals surface area contributed by atoms with Gasteiger partial charge in [-0.1, -0.05) is 13.8 Å². The van der Waals surface area contributed by atoms with Crippen molar-refractivity contribution in [1.82, 2.24) is 19.5 Å². The molecule has 0 aliphatic rings. The highest BCUT2D eigenvalue weighted by Gasteiger charge is 2.12. The van der Waals surface area contributed by atoms with Crippen LogP contribution < -0.4 is 15.7 Å². The first-order valence-corrected chi connectivity index (χ1v) is 8.83. The van der Waals surface area contributed by atoms with Gasteiger partial charge in [0.15, 0.2) is 0 Å². The quantitative estimate of drug-likeness (QED) is 0.565. The van der Waals surface area contributed by atoms with Crippen LogP contribution in [0.1, 0.15) is 13.8 Å². The van der Waals surface area contributed by atoms with Crippen LogP contribution in [0.15, 0.2) is 47.5 Å². The van der Waals surface area contributed by atoms with E-state index in [1.807, 2.05) is 36.4 Å². The SMILES string of the molecule is COc1ccc(Nc2ncnc3cc4c(cc23)[nH]c(=O)n4CC(C)C)cc1. The van der Waals surface area contributed by atoms with Gasteiger partial charge >= 0.3 is 5.69 Å². The van der Waals surface area contributed by atoms with Crippen molar-refractivity contribution in [2.75, 3.05) is 12.4 Å². The van der Waals surface area contributed by atoms with E-state index in [4.69, 9.17) is 4.74 Å². The number of benzene rings is 2. The van der Waals surface area contributed by atoms with Gasteiger partial charge in [-0.25, -0.2) is 14.8 Å². The monoisotopic (exact) mass is 363 g/mol. The van der Waals surface area contributed by atoms with Crippen molar-refractivity contribution in [2.24, 2.45) is 5.92 Å². The first-order chi connectivity index (χ1) is 13.0. The highest BCUT2D eigenvalue weighted by molar-refractivity contribution is 5.99. The topological polar surface area (TPSA) is 84.8 Å². The Kier molecular flexibility index (Phi) is 4.27. The summed E-state index contributed by atoms with van der Waals surface area (Å²) < 4.78 is 6.95. The van der Waals surface area contributed by atoms with Crippen molar-refractivity contribution >= 4 is 33.4 Å².